The molecule has 0 radical (unpaired) electrons. The van der Waals surface area contributed by atoms with E-state index in [-0.39, 0.29) is 18.5 Å². The minimum absolute atomic E-state index is 0.0388. The molecule has 0 unspecified atom stereocenters. The van der Waals surface area contributed by atoms with Crippen molar-refractivity contribution in [2.45, 2.75) is 12.8 Å². The molecule has 1 aliphatic rings. The number of halogens is 1. The number of rotatable bonds is 6. The highest BCUT2D eigenvalue weighted by atomic mass is 35.5. The van der Waals surface area contributed by atoms with E-state index in [1.54, 1.807) is 6.07 Å². The Kier molecular flexibility index (Phi) is 4.48. The summed E-state index contributed by atoms with van der Waals surface area (Å²) in [5.41, 5.74) is 0.808. The maximum Gasteiger partial charge on any atom is 0.252 e. The van der Waals surface area contributed by atoms with Crippen molar-refractivity contribution in [3.63, 3.8) is 0 Å². The molecule has 1 fully saturated rings. The minimum atomic E-state index is -0.237. The van der Waals surface area contributed by atoms with Crippen LogP contribution < -0.4 is 5.32 Å². The van der Waals surface area contributed by atoms with Crippen molar-refractivity contribution >= 4 is 35.0 Å². The van der Waals surface area contributed by atoms with Gasteiger partial charge in [-0.15, -0.1) is 0 Å². The van der Waals surface area contributed by atoms with Crippen LogP contribution in [0, 0.1) is 5.92 Å². The first-order valence-corrected chi connectivity index (χ1v) is 7.83. The van der Waals surface area contributed by atoms with Gasteiger partial charge in [-0.2, -0.15) is 9.36 Å². The molecule has 0 bridgehead atoms. The summed E-state index contributed by atoms with van der Waals surface area (Å²) in [6, 6.07) is 7.40. The summed E-state index contributed by atoms with van der Waals surface area (Å²) in [4.78, 5) is 16.0. The molecule has 1 aromatic carbocycles. The van der Waals surface area contributed by atoms with Crippen LogP contribution in [0.4, 0.5) is 5.95 Å². The van der Waals surface area contributed by atoms with Gasteiger partial charge >= 0.3 is 0 Å². The van der Waals surface area contributed by atoms with Crippen LogP contribution in [0.15, 0.2) is 24.3 Å². The SMILES string of the molecule is O=C(COCC1CC1)Nc1nsc(-c2ccccc2Cl)n1. The van der Waals surface area contributed by atoms with Crippen molar-refractivity contribution in [1.29, 1.82) is 0 Å². The van der Waals surface area contributed by atoms with Crippen LogP contribution in [0.3, 0.4) is 0 Å². The zero-order valence-electron chi connectivity index (χ0n) is 11.2. The Morgan fingerprint density at radius 2 is 2.24 bits per heavy atom. The standard InChI is InChI=1S/C14H14ClN3O2S/c15-11-4-2-1-3-10(11)13-17-14(18-21-13)16-12(19)8-20-7-9-5-6-9/h1-4,9H,5-8H2,(H,16,18,19). The first-order valence-electron chi connectivity index (χ1n) is 6.68. The molecule has 3 rings (SSSR count). The number of hydrogen-bond acceptors (Lipinski definition) is 5. The van der Waals surface area contributed by atoms with Crippen molar-refractivity contribution in [3.05, 3.63) is 29.3 Å². The Morgan fingerprint density at radius 3 is 3.00 bits per heavy atom. The zero-order chi connectivity index (χ0) is 14.7. The third-order valence-electron chi connectivity index (χ3n) is 3.07. The molecule has 0 saturated heterocycles. The van der Waals surface area contributed by atoms with Crippen LogP contribution >= 0.6 is 23.1 Å². The average Bonchev–Trinajstić information content (AvgIpc) is 3.18. The Balaban J connectivity index is 1.57. The maximum atomic E-state index is 11.7. The molecule has 1 aromatic heterocycles. The number of anilines is 1. The molecule has 1 amide bonds. The Morgan fingerprint density at radius 1 is 1.43 bits per heavy atom. The van der Waals surface area contributed by atoms with Gasteiger partial charge in [0, 0.05) is 5.56 Å². The predicted octanol–water partition coefficient (Wildman–Crippen LogP) is 3.22. The van der Waals surface area contributed by atoms with Crippen LogP contribution in [0.5, 0.6) is 0 Å². The van der Waals surface area contributed by atoms with Crippen molar-refractivity contribution in [2.24, 2.45) is 5.92 Å². The third-order valence-corrected chi connectivity index (χ3v) is 4.14. The highest BCUT2D eigenvalue weighted by Gasteiger charge is 2.21. The van der Waals surface area contributed by atoms with Crippen LogP contribution in [0.2, 0.25) is 5.02 Å². The van der Waals surface area contributed by atoms with E-state index in [2.05, 4.69) is 14.7 Å². The fraction of sp³-hybridized carbons (Fsp3) is 0.357. The molecule has 2 aromatic rings. The van der Waals surface area contributed by atoms with Crippen LogP contribution in [0.1, 0.15) is 12.8 Å². The smallest absolute Gasteiger partial charge is 0.252 e. The molecule has 5 nitrogen and oxygen atoms in total. The van der Waals surface area contributed by atoms with Crippen LogP contribution in [-0.2, 0) is 9.53 Å². The zero-order valence-corrected chi connectivity index (χ0v) is 12.8. The molecular formula is C14H14ClN3O2S. The molecule has 110 valence electrons. The molecular weight excluding hydrogens is 310 g/mol. The Bertz CT molecular complexity index is 643. The third kappa shape index (κ3) is 4.00. The number of carbonyl (C=O) groups excluding carboxylic acids is 1. The molecule has 7 heteroatoms. The van der Waals surface area contributed by atoms with E-state index in [1.165, 1.54) is 24.4 Å². The normalized spacial score (nSPS) is 14.1. The van der Waals surface area contributed by atoms with Crippen LogP contribution in [-0.4, -0.2) is 28.5 Å². The van der Waals surface area contributed by atoms with E-state index >= 15 is 0 Å². The lowest BCUT2D eigenvalue weighted by molar-refractivity contribution is -0.120. The van der Waals surface area contributed by atoms with Gasteiger partial charge in [-0.05, 0) is 36.4 Å². The van der Waals surface area contributed by atoms with Crippen molar-refractivity contribution in [1.82, 2.24) is 9.36 Å². The number of carbonyl (C=O) groups is 1. The quantitative estimate of drug-likeness (QED) is 0.886. The fourth-order valence-corrected chi connectivity index (χ4v) is 2.73. The van der Waals surface area contributed by atoms with Gasteiger partial charge in [0.15, 0.2) is 0 Å². The van der Waals surface area contributed by atoms with Gasteiger partial charge in [0.25, 0.3) is 5.91 Å². The Hall–Kier alpha value is -1.50. The first-order chi connectivity index (χ1) is 10.2. The fourth-order valence-electron chi connectivity index (χ4n) is 1.78. The summed E-state index contributed by atoms with van der Waals surface area (Å²) in [7, 11) is 0. The Labute approximate surface area is 131 Å². The first kappa shape index (κ1) is 14.4. The van der Waals surface area contributed by atoms with E-state index in [4.69, 9.17) is 16.3 Å². The van der Waals surface area contributed by atoms with Gasteiger partial charge in [0.05, 0.1) is 11.6 Å². The summed E-state index contributed by atoms with van der Waals surface area (Å²) < 4.78 is 9.43. The molecule has 1 aliphatic carbocycles. The van der Waals surface area contributed by atoms with Gasteiger partial charge in [-0.3, -0.25) is 10.1 Å². The largest absolute Gasteiger partial charge is 0.371 e. The second-order valence-electron chi connectivity index (χ2n) is 4.91. The van der Waals surface area contributed by atoms with E-state index in [0.29, 0.717) is 22.6 Å². The lowest BCUT2D eigenvalue weighted by Gasteiger charge is -2.02. The van der Waals surface area contributed by atoms with E-state index in [9.17, 15) is 4.79 Å². The minimum Gasteiger partial charge on any atom is -0.371 e. The van der Waals surface area contributed by atoms with Gasteiger partial charge in [-0.25, -0.2) is 0 Å². The molecule has 1 N–H and O–H groups in total. The number of aromatic nitrogens is 2. The maximum absolute atomic E-state index is 11.7. The lowest BCUT2D eigenvalue weighted by atomic mass is 10.2. The van der Waals surface area contributed by atoms with E-state index < -0.39 is 0 Å². The molecule has 0 aliphatic heterocycles. The number of ether oxygens (including phenoxy) is 1. The number of amides is 1. The van der Waals surface area contributed by atoms with E-state index in [1.807, 2.05) is 18.2 Å². The van der Waals surface area contributed by atoms with Gasteiger partial charge in [0.1, 0.15) is 11.6 Å². The molecule has 1 saturated carbocycles. The van der Waals surface area contributed by atoms with Crippen molar-refractivity contribution in [2.75, 3.05) is 18.5 Å². The molecule has 0 atom stereocenters. The second kappa shape index (κ2) is 6.51. The lowest BCUT2D eigenvalue weighted by Crippen LogP contribution is -2.19. The van der Waals surface area contributed by atoms with Gasteiger partial charge in [-0.1, -0.05) is 29.8 Å². The number of benzene rings is 1. The molecule has 1 heterocycles. The molecule has 0 spiro atoms. The van der Waals surface area contributed by atoms with Crippen molar-refractivity contribution < 1.29 is 9.53 Å². The summed E-state index contributed by atoms with van der Waals surface area (Å²) >= 11 is 7.31. The topological polar surface area (TPSA) is 64.1 Å². The van der Waals surface area contributed by atoms with Crippen LogP contribution in [0.25, 0.3) is 10.6 Å². The number of hydrogen-bond donors (Lipinski definition) is 1. The summed E-state index contributed by atoms with van der Waals surface area (Å²) in [5.74, 6) is 0.691. The second-order valence-corrected chi connectivity index (χ2v) is 6.07. The van der Waals surface area contributed by atoms with E-state index in [0.717, 1.165) is 5.56 Å². The predicted molar refractivity (Wildman–Crippen MR) is 82.5 cm³/mol. The number of nitrogens with one attached hydrogen (secondary N) is 1. The summed E-state index contributed by atoms with van der Waals surface area (Å²) in [5, 5.41) is 3.91. The molecule has 21 heavy (non-hydrogen) atoms. The highest BCUT2D eigenvalue weighted by Crippen LogP contribution is 2.30. The van der Waals surface area contributed by atoms with Crippen molar-refractivity contribution in [3.8, 4) is 10.6 Å². The van der Waals surface area contributed by atoms with Gasteiger partial charge < -0.3 is 4.74 Å². The monoisotopic (exact) mass is 323 g/mol. The average molecular weight is 324 g/mol. The number of nitrogens with zero attached hydrogens (tertiary/aromatic N) is 2. The highest BCUT2D eigenvalue weighted by molar-refractivity contribution is 7.09. The van der Waals surface area contributed by atoms with Gasteiger partial charge in [0.2, 0.25) is 5.95 Å². The summed E-state index contributed by atoms with van der Waals surface area (Å²) in [6.45, 7) is 0.694. The summed E-state index contributed by atoms with van der Waals surface area (Å²) in [6.07, 6.45) is 2.41.